The number of hydrogen-bond acceptors (Lipinski definition) is 6. The summed E-state index contributed by atoms with van der Waals surface area (Å²) in [5.41, 5.74) is 0.0786. The molecule has 0 saturated heterocycles. The van der Waals surface area contributed by atoms with E-state index in [4.69, 9.17) is 11.6 Å². The molecule has 1 unspecified atom stereocenters. The van der Waals surface area contributed by atoms with Crippen LogP contribution in [0.4, 0.5) is 18.0 Å². The SMILES string of the molecule is CC(C)c1nc(SC(CC(=O)N(C)C)c2ccc(Cl)cc2OC(F)(F)F)n(C(=O)N(C)C)n1. The van der Waals surface area contributed by atoms with E-state index < -0.39 is 23.4 Å². The molecular formula is C20H25ClF3N5O3S. The number of benzene rings is 1. The standard InChI is InChI=1S/C20H25ClF3N5O3S/c1-11(2)17-25-18(29(26-17)19(31)28(5)6)33-15(10-16(30)27(3)4)13-8-7-12(21)9-14(13)32-20(22,23)24/h7-9,11,15H,10H2,1-6H3. The van der Waals surface area contributed by atoms with Crippen molar-refractivity contribution in [2.24, 2.45) is 0 Å². The van der Waals surface area contributed by atoms with Crippen LogP contribution in [0.25, 0.3) is 0 Å². The Balaban J connectivity index is 2.60. The maximum atomic E-state index is 13.1. The second kappa shape index (κ2) is 10.6. The average molecular weight is 508 g/mol. The summed E-state index contributed by atoms with van der Waals surface area (Å²) in [7, 11) is 6.14. The third kappa shape index (κ3) is 7.26. The highest BCUT2D eigenvalue weighted by Crippen LogP contribution is 2.43. The molecule has 0 aliphatic rings. The molecule has 0 aliphatic carbocycles. The van der Waals surface area contributed by atoms with Gasteiger partial charge in [0.1, 0.15) is 5.75 Å². The molecule has 33 heavy (non-hydrogen) atoms. The van der Waals surface area contributed by atoms with Crippen molar-refractivity contribution in [1.82, 2.24) is 24.6 Å². The molecule has 2 amide bonds. The Labute approximate surface area is 199 Å². The fraction of sp³-hybridized carbons (Fsp3) is 0.500. The first-order valence-electron chi connectivity index (χ1n) is 9.80. The Kier molecular flexibility index (Phi) is 8.63. The summed E-state index contributed by atoms with van der Waals surface area (Å²) in [6.07, 6.45) is -5.15. The maximum absolute atomic E-state index is 13.1. The van der Waals surface area contributed by atoms with Gasteiger partial charge in [-0.25, -0.2) is 9.78 Å². The van der Waals surface area contributed by atoms with Crippen molar-refractivity contribution in [3.63, 3.8) is 0 Å². The minimum Gasteiger partial charge on any atom is -0.405 e. The molecule has 13 heteroatoms. The molecule has 182 valence electrons. The Morgan fingerprint density at radius 3 is 2.33 bits per heavy atom. The van der Waals surface area contributed by atoms with Crippen LogP contribution in [0.2, 0.25) is 5.02 Å². The number of thioether (sulfide) groups is 1. The quantitative estimate of drug-likeness (QED) is 0.501. The molecule has 1 aromatic heterocycles. The summed E-state index contributed by atoms with van der Waals surface area (Å²) in [5.74, 6) is -0.599. The molecule has 1 atom stereocenters. The lowest BCUT2D eigenvalue weighted by Gasteiger charge is -2.22. The fourth-order valence-electron chi connectivity index (χ4n) is 2.62. The van der Waals surface area contributed by atoms with Gasteiger partial charge in [0.2, 0.25) is 5.91 Å². The minimum absolute atomic E-state index is 0.0359. The third-order valence-corrected chi connectivity index (χ3v) is 5.74. The normalized spacial score (nSPS) is 12.6. The summed E-state index contributed by atoms with van der Waals surface area (Å²) in [4.78, 5) is 32.2. The first-order valence-corrected chi connectivity index (χ1v) is 11.1. The lowest BCUT2D eigenvalue weighted by molar-refractivity contribution is -0.274. The second-order valence-corrected chi connectivity index (χ2v) is 9.43. The van der Waals surface area contributed by atoms with Gasteiger partial charge in [-0.05, 0) is 12.1 Å². The number of aromatic nitrogens is 3. The Hall–Kier alpha value is -2.47. The Morgan fingerprint density at radius 2 is 1.82 bits per heavy atom. The first kappa shape index (κ1) is 26.8. The van der Waals surface area contributed by atoms with Crippen LogP contribution in [0.5, 0.6) is 5.75 Å². The number of rotatable bonds is 7. The highest BCUT2D eigenvalue weighted by atomic mass is 35.5. The molecule has 1 heterocycles. The zero-order chi connectivity index (χ0) is 25.1. The van der Waals surface area contributed by atoms with E-state index in [-0.39, 0.29) is 34.0 Å². The van der Waals surface area contributed by atoms with Crippen molar-refractivity contribution in [3.8, 4) is 5.75 Å². The van der Waals surface area contributed by atoms with Crippen LogP contribution in [0, 0.1) is 0 Å². The van der Waals surface area contributed by atoms with Crippen LogP contribution in [0.3, 0.4) is 0 Å². The van der Waals surface area contributed by atoms with Gasteiger partial charge < -0.3 is 14.5 Å². The largest absolute Gasteiger partial charge is 0.573 e. The van der Waals surface area contributed by atoms with E-state index in [2.05, 4.69) is 14.8 Å². The maximum Gasteiger partial charge on any atom is 0.573 e. The molecule has 1 aromatic carbocycles. The molecule has 2 aromatic rings. The number of amides is 2. The highest BCUT2D eigenvalue weighted by molar-refractivity contribution is 7.99. The number of nitrogens with zero attached hydrogens (tertiary/aromatic N) is 5. The average Bonchev–Trinajstić information content (AvgIpc) is 3.09. The van der Waals surface area contributed by atoms with Crippen LogP contribution < -0.4 is 4.74 Å². The molecule has 0 bridgehead atoms. The molecule has 0 radical (unpaired) electrons. The lowest BCUT2D eigenvalue weighted by atomic mass is 10.1. The number of carbonyl (C=O) groups excluding carboxylic acids is 2. The molecule has 0 aliphatic heterocycles. The number of ether oxygens (including phenoxy) is 1. The van der Waals surface area contributed by atoms with Crippen molar-refractivity contribution in [3.05, 3.63) is 34.6 Å². The van der Waals surface area contributed by atoms with Crippen LogP contribution in [0.15, 0.2) is 23.4 Å². The molecule has 8 nitrogen and oxygen atoms in total. The van der Waals surface area contributed by atoms with Gasteiger partial charge in [-0.2, -0.15) is 4.68 Å². The molecule has 2 rings (SSSR count). The summed E-state index contributed by atoms with van der Waals surface area (Å²) >= 11 is 6.85. The number of alkyl halides is 3. The van der Waals surface area contributed by atoms with Crippen LogP contribution >= 0.6 is 23.4 Å². The molecule has 0 spiro atoms. The van der Waals surface area contributed by atoms with Gasteiger partial charge in [-0.1, -0.05) is 43.3 Å². The van der Waals surface area contributed by atoms with Crippen molar-refractivity contribution in [2.45, 2.75) is 43.0 Å². The van der Waals surface area contributed by atoms with Gasteiger partial charge in [0.15, 0.2) is 11.0 Å². The van der Waals surface area contributed by atoms with E-state index in [9.17, 15) is 22.8 Å². The van der Waals surface area contributed by atoms with Crippen LogP contribution in [-0.4, -0.2) is 71.1 Å². The van der Waals surface area contributed by atoms with E-state index >= 15 is 0 Å². The minimum atomic E-state index is -4.97. The first-order chi connectivity index (χ1) is 15.2. The van der Waals surface area contributed by atoms with Crippen molar-refractivity contribution in [1.29, 1.82) is 0 Å². The highest BCUT2D eigenvalue weighted by Gasteiger charge is 2.34. The van der Waals surface area contributed by atoms with E-state index in [1.54, 1.807) is 0 Å². The number of halogens is 4. The second-order valence-electron chi connectivity index (χ2n) is 7.82. The Morgan fingerprint density at radius 1 is 1.18 bits per heavy atom. The fourth-order valence-corrected chi connectivity index (χ4v) is 3.95. The summed E-state index contributed by atoms with van der Waals surface area (Å²) < 4.78 is 44.5. The number of carbonyl (C=O) groups is 2. The predicted octanol–water partition coefficient (Wildman–Crippen LogP) is 4.79. The van der Waals surface area contributed by atoms with Gasteiger partial charge in [-0.3, -0.25) is 4.79 Å². The lowest BCUT2D eigenvalue weighted by Crippen LogP contribution is -2.29. The van der Waals surface area contributed by atoms with Crippen molar-refractivity contribution >= 4 is 35.3 Å². The Bertz CT molecular complexity index is 1010. The molecule has 0 fully saturated rings. The van der Waals surface area contributed by atoms with Crippen molar-refractivity contribution < 1.29 is 27.5 Å². The van der Waals surface area contributed by atoms with Crippen LogP contribution in [0.1, 0.15) is 42.8 Å². The van der Waals surface area contributed by atoms with E-state index in [0.29, 0.717) is 5.82 Å². The van der Waals surface area contributed by atoms with Crippen LogP contribution in [-0.2, 0) is 4.79 Å². The van der Waals surface area contributed by atoms with E-state index in [1.165, 1.54) is 50.1 Å². The monoisotopic (exact) mass is 507 g/mol. The van der Waals surface area contributed by atoms with Crippen molar-refractivity contribution in [2.75, 3.05) is 28.2 Å². The van der Waals surface area contributed by atoms with Gasteiger partial charge >= 0.3 is 12.4 Å². The van der Waals surface area contributed by atoms with Gasteiger partial charge in [0.05, 0.1) is 0 Å². The van der Waals surface area contributed by atoms with E-state index in [1.807, 2.05) is 13.8 Å². The molecule has 0 N–H and O–H groups in total. The zero-order valence-electron chi connectivity index (χ0n) is 19.0. The smallest absolute Gasteiger partial charge is 0.405 e. The summed E-state index contributed by atoms with van der Waals surface area (Å²) in [6.45, 7) is 3.69. The van der Waals surface area contributed by atoms with Gasteiger partial charge in [0.25, 0.3) is 0 Å². The van der Waals surface area contributed by atoms with Gasteiger partial charge in [-0.15, -0.1) is 18.3 Å². The van der Waals surface area contributed by atoms with Gasteiger partial charge in [0, 0.05) is 56.4 Å². The molecular weight excluding hydrogens is 483 g/mol. The zero-order valence-corrected chi connectivity index (χ0v) is 20.5. The summed E-state index contributed by atoms with van der Waals surface area (Å²) in [5, 5.41) is 3.55. The third-order valence-electron chi connectivity index (χ3n) is 4.33. The molecule has 0 saturated carbocycles. The summed E-state index contributed by atoms with van der Waals surface area (Å²) in [6, 6.07) is 3.32. The number of hydrogen-bond donors (Lipinski definition) is 0. The topological polar surface area (TPSA) is 80.6 Å². The van der Waals surface area contributed by atoms with E-state index in [0.717, 1.165) is 22.5 Å². The predicted molar refractivity (Wildman–Crippen MR) is 119 cm³/mol.